The molecule has 0 aromatic carbocycles. The van der Waals surface area contributed by atoms with Gasteiger partial charge in [-0.3, -0.25) is 4.98 Å². The predicted molar refractivity (Wildman–Crippen MR) is 64.6 cm³/mol. The van der Waals surface area contributed by atoms with E-state index in [0.29, 0.717) is 6.04 Å². The summed E-state index contributed by atoms with van der Waals surface area (Å²) in [5.74, 6) is 0. The van der Waals surface area contributed by atoms with E-state index in [-0.39, 0.29) is 0 Å². The Morgan fingerprint density at radius 3 is 3.07 bits per heavy atom. The molecule has 0 fully saturated rings. The maximum absolute atomic E-state index is 4.09. The molecule has 1 aromatic rings. The van der Waals surface area contributed by atoms with Gasteiger partial charge in [0.25, 0.3) is 0 Å². The summed E-state index contributed by atoms with van der Waals surface area (Å²) in [5, 5.41) is 3.53. The van der Waals surface area contributed by atoms with Crippen LogP contribution >= 0.6 is 0 Å². The molecule has 1 heterocycles. The fourth-order valence-corrected chi connectivity index (χ4v) is 1.53. The van der Waals surface area contributed by atoms with E-state index in [1.165, 1.54) is 12.0 Å². The Hall–Kier alpha value is -1.15. The fourth-order valence-electron chi connectivity index (χ4n) is 1.53. The number of nitrogens with zero attached hydrogens (tertiary/aromatic N) is 1. The van der Waals surface area contributed by atoms with Gasteiger partial charge in [0.15, 0.2) is 0 Å². The van der Waals surface area contributed by atoms with Gasteiger partial charge in [0.2, 0.25) is 0 Å². The maximum atomic E-state index is 4.09. The summed E-state index contributed by atoms with van der Waals surface area (Å²) >= 11 is 0. The van der Waals surface area contributed by atoms with Gasteiger partial charge in [0.05, 0.1) is 0 Å². The highest BCUT2D eigenvalue weighted by Crippen LogP contribution is 2.04. The van der Waals surface area contributed by atoms with Crippen molar-refractivity contribution >= 4 is 0 Å². The molecule has 1 N–H and O–H groups in total. The Bertz CT molecular complexity index is 269. The molecule has 82 valence electrons. The molecular formula is C13H20N2. The van der Waals surface area contributed by atoms with Gasteiger partial charge in [0, 0.05) is 25.0 Å². The van der Waals surface area contributed by atoms with Crippen LogP contribution in [-0.2, 0) is 6.54 Å². The second kappa shape index (κ2) is 7.18. The Labute approximate surface area is 92.4 Å². The predicted octanol–water partition coefficient (Wildman–Crippen LogP) is 2.92. The van der Waals surface area contributed by atoms with Crippen molar-refractivity contribution in [1.82, 2.24) is 10.3 Å². The van der Waals surface area contributed by atoms with Gasteiger partial charge in [-0.15, -0.1) is 6.58 Å². The molecule has 0 radical (unpaired) electrons. The Balaban J connectivity index is 2.31. The highest BCUT2D eigenvalue weighted by molar-refractivity contribution is 5.07. The molecule has 1 atom stereocenters. The lowest BCUT2D eigenvalue weighted by atomic mass is 10.1. The molecule has 0 aliphatic rings. The van der Waals surface area contributed by atoms with Crippen LogP contribution < -0.4 is 5.32 Å². The largest absolute Gasteiger partial charge is 0.310 e. The second-order valence-electron chi connectivity index (χ2n) is 3.71. The zero-order valence-corrected chi connectivity index (χ0v) is 9.45. The average Bonchev–Trinajstić information content (AvgIpc) is 2.31. The average molecular weight is 204 g/mol. The highest BCUT2D eigenvalue weighted by Gasteiger charge is 2.03. The monoisotopic (exact) mass is 204 g/mol. The van der Waals surface area contributed by atoms with Gasteiger partial charge in [0.1, 0.15) is 0 Å². The lowest BCUT2D eigenvalue weighted by molar-refractivity contribution is 0.470. The Kier molecular flexibility index (Phi) is 5.71. The molecular weight excluding hydrogens is 184 g/mol. The molecule has 2 heteroatoms. The van der Waals surface area contributed by atoms with Crippen molar-refractivity contribution in [1.29, 1.82) is 0 Å². The third-order valence-electron chi connectivity index (χ3n) is 2.53. The number of hydrogen-bond acceptors (Lipinski definition) is 2. The van der Waals surface area contributed by atoms with Crippen LogP contribution in [0.3, 0.4) is 0 Å². The summed E-state index contributed by atoms with van der Waals surface area (Å²) in [4.78, 5) is 4.09. The summed E-state index contributed by atoms with van der Waals surface area (Å²) in [7, 11) is 0. The molecule has 2 nitrogen and oxygen atoms in total. The minimum Gasteiger partial charge on any atom is -0.310 e. The van der Waals surface area contributed by atoms with E-state index in [1.807, 2.05) is 18.3 Å². The van der Waals surface area contributed by atoms with Crippen molar-refractivity contribution in [3.63, 3.8) is 0 Å². The summed E-state index contributed by atoms with van der Waals surface area (Å²) < 4.78 is 0. The fraction of sp³-hybridized carbons (Fsp3) is 0.462. The van der Waals surface area contributed by atoms with E-state index < -0.39 is 0 Å². The number of aromatic nitrogens is 1. The summed E-state index contributed by atoms with van der Waals surface area (Å²) in [5.41, 5.74) is 1.24. The first-order chi connectivity index (χ1) is 7.36. The lowest BCUT2D eigenvalue weighted by Gasteiger charge is -2.15. The van der Waals surface area contributed by atoms with Crippen molar-refractivity contribution in [2.45, 2.75) is 38.8 Å². The van der Waals surface area contributed by atoms with Crippen molar-refractivity contribution in [3.8, 4) is 0 Å². The molecule has 0 unspecified atom stereocenters. The zero-order chi connectivity index (χ0) is 10.9. The van der Waals surface area contributed by atoms with E-state index in [1.54, 1.807) is 6.20 Å². The molecule has 1 aromatic heterocycles. The van der Waals surface area contributed by atoms with E-state index in [4.69, 9.17) is 0 Å². The summed E-state index contributed by atoms with van der Waals surface area (Å²) in [6, 6.07) is 4.66. The molecule has 0 amide bonds. The van der Waals surface area contributed by atoms with Crippen LogP contribution in [0.15, 0.2) is 37.2 Å². The number of pyridine rings is 1. The summed E-state index contributed by atoms with van der Waals surface area (Å²) in [6.45, 7) is 6.87. The molecule has 15 heavy (non-hydrogen) atoms. The maximum Gasteiger partial charge on any atom is 0.0312 e. The number of nitrogens with one attached hydrogen (secondary N) is 1. The van der Waals surface area contributed by atoms with Gasteiger partial charge in [-0.2, -0.15) is 0 Å². The minimum absolute atomic E-state index is 0.586. The van der Waals surface area contributed by atoms with Crippen LogP contribution in [0.5, 0.6) is 0 Å². The number of hydrogen-bond donors (Lipinski definition) is 1. The lowest BCUT2D eigenvalue weighted by Crippen LogP contribution is -2.27. The van der Waals surface area contributed by atoms with E-state index >= 15 is 0 Å². The van der Waals surface area contributed by atoms with E-state index in [0.717, 1.165) is 19.4 Å². The zero-order valence-electron chi connectivity index (χ0n) is 9.45. The molecule has 0 aliphatic heterocycles. The van der Waals surface area contributed by atoms with Gasteiger partial charge in [-0.25, -0.2) is 0 Å². The van der Waals surface area contributed by atoms with Crippen molar-refractivity contribution in [3.05, 3.63) is 42.7 Å². The van der Waals surface area contributed by atoms with Crippen LogP contribution in [0.2, 0.25) is 0 Å². The van der Waals surface area contributed by atoms with Gasteiger partial charge >= 0.3 is 0 Å². The van der Waals surface area contributed by atoms with Crippen LogP contribution in [0.25, 0.3) is 0 Å². The van der Waals surface area contributed by atoms with Crippen LogP contribution in [0, 0.1) is 0 Å². The minimum atomic E-state index is 0.586. The van der Waals surface area contributed by atoms with E-state index in [9.17, 15) is 0 Å². The Morgan fingerprint density at radius 2 is 2.47 bits per heavy atom. The molecule has 0 saturated heterocycles. The molecule has 0 bridgehead atoms. The van der Waals surface area contributed by atoms with Crippen molar-refractivity contribution in [2.24, 2.45) is 0 Å². The van der Waals surface area contributed by atoms with Gasteiger partial charge in [-0.1, -0.05) is 19.1 Å². The number of rotatable bonds is 7. The first-order valence-electron chi connectivity index (χ1n) is 5.60. The molecule has 0 aliphatic carbocycles. The van der Waals surface area contributed by atoms with Gasteiger partial charge in [-0.05, 0) is 30.9 Å². The summed E-state index contributed by atoms with van der Waals surface area (Å²) in [6.07, 6.45) is 9.10. The first-order valence-corrected chi connectivity index (χ1v) is 5.60. The third-order valence-corrected chi connectivity index (χ3v) is 2.53. The molecule has 0 saturated carbocycles. The quantitative estimate of drug-likeness (QED) is 0.691. The normalized spacial score (nSPS) is 12.3. The van der Waals surface area contributed by atoms with Crippen molar-refractivity contribution in [2.75, 3.05) is 0 Å². The van der Waals surface area contributed by atoms with Gasteiger partial charge < -0.3 is 5.32 Å². The third kappa shape index (κ3) is 4.75. The van der Waals surface area contributed by atoms with Crippen LogP contribution in [0.4, 0.5) is 0 Å². The van der Waals surface area contributed by atoms with E-state index in [2.05, 4.69) is 29.9 Å². The van der Waals surface area contributed by atoms with Crippen molar-refractivity contribution < 1.29 is 0 Å². The highest BCUT2D eigenvalue weighted by atomic mass is 14.9. The molecule has 0 spiro atoms. The first kappa shape index (κ1) is 11.9. The Morgan fingerprint density at radius 1 is 1.60 bits per heavy atom. The van der Waals surface area contributed by atoms with Crippen LogP contribution in [-0.4, -0.2) is 11.0 Å². The molecule has 1 rings (SSSR count). The standard InChI is InChI=1S/C13H20N2/c1-3-5-8-13(4-2)15-11-12-7-6-9-14-10-12/h3,6-7,9-10,13,15H,1,4-5,8,11H2,2H3/t13-/m1/s1. The second-order valence-corrected chi connectivity index (χ2v) is 3.71. The topological polar surface area (TPSA) is 24.9 Å². The smallest absolute Gasteiger partial charge is 0.0312 e. The van der Waals surface area contributed by atoms with Crippen LogP contribution in [0.1, 0.15) is 31.7 Å². The SMILES string of the molecule is C=CCC[C@@H](CC)NCc1cccnc1. The number of allylic oxidation sites excluding steroid dienone is 1.